The Morgan fingerprint density at radius 2 is 1.68 bits per heavy atom. The van der Waals surface area contributed by atoms with Gasteiger partial charge in [-0.15, -0.1) is 11.8 Å². The molecule has 0 spiro atoms. The number of allylic oxidation sites excluding steroid dienone is 3. The Kier molecular flexibility index (Phi) is 2.94. The molecule has 0 saturated heterocycles. The van der Waals surface area contributed by atoms with Gasteiger partial charge in [-0.3, -0.25) is 9.59 Å². The number of carbonyl (C=O) groups is 2. The van der Waals surface area contributed by atoms with Crippen molar-refractivity contribution >= 4 is 23.3 Å². The summed E-state index contributed by atoms with van der Waals surface area (Å²) in [5.74, 6) is 1.03. The minimum atomic E-state index is -0.00245. The number of Topliss-reactive ketones (excluding diaryl/α,β-unsaturated/α-hetero) is 2. The van der Waals surface area contributed by atoms with Gasteiger partial charge in [-0.25, -0.2) is 0 Å². The van der Waals surface area contributed by atoms with E-state index in [2.05, 4.69) is 19.9 Å². The van der Waals surface area contributed by atoms with Gasteiger partial charge in [0.05, 0.1) is 4.91 Å². The maximum atomic E-state index is 12.6. The summed E-state index contributed by atoms with van der Waals surface area (Å²) < 4.78 is 0. The lowest BCUT2D eigenvalue weighted by Crippen LogP contribution is -2.25. The van der Waals surface area contributed by atoms with Crippen LogP contribution >= 0.6 is 11.8 Å². The molecule has 1 aromatic rings. The minimum absolute atomic E-state index is 0.00134. The molecule has 0 atom stereocenters. The quantitative estimate of drug-likeness (QED) is 0.781. The Morgan fingerprint density at radius 1 is 1.05 bits per heavy atom. The molecule has 0 amide bonds. The number of hydrogen-bond acceptors (Lipinski definition) is 3. The summed E-state index contributed by atoms with van der Waals surface area (Å²) in [7, 11) is 0. The molecular formula is C16H14O2S. The number of thioether (sulfide) groups is 1. The van der Waals surface area contributed by atoms with E-state index in [0.717, 1.165) is 11.3 Å². The van der Waals surface area contributed by atoms with Crippen molar-refractivity contribution in [3.63, 3.8) is 0 Å². The van der Waals surface area contributed by atoms with E-state index < -0.39 is 0 Å². The van der Waals surface area contributed by atoms with Gasteiger partial charge in [0.15, 0.2) is 5.78 Å². The SMILES string of the molecule is CC(C)C1=CCSC2=C1C(=O)c1ccccc1C2=O. The lowest BCUT2D eigenvalue weighted by molar-refractivity contribution is 0.0982. The molecule has 1 aromatic carbocycles. The van der Waals surface area contributed by atoms with Crippen LogP contribution in [0.5, 0.6) is 0 Å². The average molecular weight is 270 g/mol. The number of carbonyl (C=O) groups excluding carboxylic acids is 2. The summed E-state index contributed by atoms with van der Waals surface area (Å²) in [5, 5.41) is 0. The van der Waals surface area contributed by atoms with E-state index in [1.54, 1.807) is 12.1 Å². The average Bonchev–Trinajstić information content (AvgIpc) is 2.44. The first-order valence-corrected chi connectivity index (χ1v) is 7.35. The van der Waals surface area contributed by atoms with Crippen molar-refractivity contribution in [2.45, 2.75) is 13.8 Å². The Hall–Kier alpha value is -1.61. The van der Waals surface area contributed by atoms with E-state index in [-0.39, 0.29) is 17.5 Å². The van der Waals surface area contributed by atoms with Crippen LogP contribution < -0.4 is 0 Å². The highest BCUT2D eigenvalue weighted by Crippen LogP contribution is 2.41. The lowest BCUT2D eigenvalue weighted by Gasteiger charge is -2.26. The zero-order valence-corrected chi connectivity index (χ0v) is 11.7. The molecule has 1 aliphatic heterocycles. The number of ketones is 2. The monoisotopic (exact) mass is 270 g/mol. The van der Waals surface area contributed by atoms with Crippen molar-refractivity contribution in [1.82, 2.24) is 0 Å². The van der Waals surface area contributed by atoms with E-state index in [1.807, 2.05) is 12.1 Å². The standard InChI is InChI=1S/C16H14O2S/c1-9(2)10-7-8-19-16-13(10)14(17)11-5-3-4-6-12(11)15(16)18/h3-7,9H,8H2,1-2H3. The first-order chi connectivity index (χ1) is 9.11. The van der Waals surface area contributed by atoms with Crippen LogP contribution in [0, 0.1) is 5.92 Å². The number of benzene rings is 1. The highest BCUT2D eigenvalue weighted by atomic mass is 32.2. The van der Waals surface area contributed by atoms with Crippen molar-refractivity contribution in [1.29, 1.82) is 0 Å². The molecule has 19 heavy (non-hydrogen) atoms. The van der Waals surface area contributed by atoms with E-state index in [9.17, 15) is 9.59 Å². The van der Waals surface area contributed by atoms with Crippen molar-refractivity contribution in [3.05, 3.63) is 57.5 Å². The summed E-state index contributed by atoms with van der Waals surface area (Å²) in [4.78, 5) is 25.8. The molecule has 0 bridgehead atoms. The predicted octanol–water partition coefficient (Wildman–Crippen LogP) is 3.65. The van der Waals surface area contributed by atoms with Gasteiger partial charge in [0.1, 0.15) is 0 Å². The van der Waals surface area contributed by atoms with Gasteiger partial charge >= 0.3 is 0 Å². The molecule has 3 heteroatoms. The first-order valence-electron chi connectivity index (χ1n) is 6.37. The van der Waals surface area contributed by atoms with Crippen LogP contribution in [0.1, 0.15) is 34.6 Å². The molecule has 3 rings (SSSR count). The first kappa shape index (κ1) is 12.4. The van der Waals surface area contributed by atoms with Crippen molar-refractivity contribution in [2.24, 2.45) is 5.92 Å². The molecule has 0 unspecified atom stereocenters. The fourth-order valence-corrected chi connectivity index (χ4v) is 3.62. The minimum Gasteiger partial charge on any atom is -0.289 e. The fraction of sp³-hybridized carbons (Fsp3) is 0.250. The second-order valence-electron chi connectivity index (χ2n) is 5.03. The maximum Gasteiger partial charge on any atom is 0.200 e. The molecule has 1 aliphatic carbocycles. The molecule has 1 heterocycles. The zero-order chi connectivity index (χ0) is 13.6. The second-order valence-corrected chi connectivity index (χ2v) is 6.06. The van der Waals surface area contributed by atoms with Gasteiger partial charge in [-0.1, -0.05) is 44.2 Å². The lowest BCUT2D eigenvalue weighted by atomic mass is 9.82. The normalized spacial score (nSPS) is 18.4. The van der Waals surface area contributed by atoms with E-state index in [0.29, 0.717) is 21.6 Å². The fourth-order valence-electron chi connectivity index (χ4n) is 2.59. The zero-order valence-electron chi connectivity index (χ0n) is 10.9. The molecule has 0 radical (unpaired) electrons. The Balaban J connectivity index is 2.23. The highest BCUT2D eigenvalue weighted by molar-refractivity contribution is 8.04. The number of fused-ring (bicyclic) bond motifs is 1. The smallest absolute Gasteiger partial charge is 0.200 e. The molecule has 2 aliphatic rings. The molecule has 0 aromatic heterocycles. The highest BCUT2D eigenvalue weighted by Gasteiger charge is 2.35. The van der Waals surface area contributed by atoms with Crippen LogP contribution in [0.2, 0.25) is 0 Å². The summed E-state index contributed by atoms with van der Waals surface area (Å²) in [6.07, 6.45) is 2.08. The van der Waals surface area contributed by atoms with Crippen LogP contribution in [0.4, 0.5) is 0 Å². The molecular weight excluding hydrogens is 256 g/mol. The van der Waals surface area contributed by atoms with Gasteiger partial charge in [0.25, 0.3) is 0 Å². The van der Waals surface area contributed by atoms with Gasteiger partial charge in [-0.05, 0) is 11.5 Å². The molecule has 2 nitrogen and oxygen atoms in total. The van der Waals surface area contributed by atoms with Crippen LogP contribution in [0.25, 0.3) is 0 Å². The summed E-state index contributed by atoms with van der Waals surface area (Å²) in [5.41, 5.74) is 2.74. The number of rotatable bonds is 1. The van der Waals surface area contributed by atoms with Crippen molar-refractivity contribution in [2.75, 3.05) is 5.75 Å². The van der Waals surface area contributed by atoms with E-state index in [1.165, 1.54) is 11.8 Å². The largest absolute Gasteiger partial charge is 0.289 e. The Labute approximate surface area is 116 Å². The third-order valence-corrected chi connectivity index (χ3v) is 4.53. The van der Waals surface area contributed by atoms with Gasteiger partial charge in [0.2, 0.25) is 5.78 Å². The van der Waals surface area contributed by atoms with Crippen molar-refractivity contribution < 1.29 is 9.59 Å². The van der Waals surface area contributed by atoms with Crippen LogP contribution in [-0.2, 0) is 0 Å². The van der Waals surface area contributed by atoms with Crippen molar-refractivity contribution in [3.8, 4) is 0 Å². The molecule has 0 fully saturated rings. The summed E-state index contributed by atoms with van der Waals surface area (Å²) in [6, 6.07) is 7.11. The van der Waals surface area contributed by atoms with Gasteiger partial charge < -0.3 is 0 Å². The molecule has 0 N–H and O–H groups in total. The Bertz CT molecular complexity index is 650. The summed E-state index contributed by atoms with van der Waals surface area (Å²) in [6.45, 7) is 4.12. The van der Waals surface area contributed by atoms with Gasteiger partial charge in [-0.2, -0.15) is 0 Å². The number of hydrogen-bond donors (Lipinski definition) is 0. The predicted molar refractivity (Wildman–Crippen MR) is 77.5 cm³/mol. The third kappa shape index (κ3) is 1.80. The second kappa shape index (κ2) is 4.49. The molecule has 96 valence electrons. The van der Waals surface area contributed by atoms with E-state index >= 15 is 0 Å². The molecule has 0 saturated carbocycles. The van der Waals surface area contributed by atoms with Crippen LogP contribution in [0.3, 0.4) is 0 Å². The maximum absolute atomic E-state index is 12.6. The summed E-state index contributed by atoms with van der Waals surface area (Å²) >= 11 is 1.48. The third-order valence-electron chi connectivity index (χ3n) is 3.52. The van der Waals surface area contributed by atoms with Gasteiger partial charge in [0, 0.05) is 22.5 Å². The van der Waals surface area contributed by atoms with Crippen LogP contribution in [-0.4, -0.2) is 17.3 Å². The Morgan fingerprint density at radius 3 is 2.32 bits per heavy atom. The topological polar surface area (TPSA) is 34.1 Å². The van der Waals surface area contributed by atoms with Crippen LogP contribution in [0.15, 0.2) is 46.4 Å². The van der Waals surface area contributed by atoms with E-state index in [4.69, 9.17) is 0 Å².